The third-order valence-electron chi connectivity index (χ3n) is 3.85. The molecule has 2 aromatic rings. The molecule has 0 bridgehead atoms. The van der Waals surface area contributed by atoms with E-state index in [9.17, 15) is 0 Å². The fourth-order valence-electron chi connectivity index (χ4n) is 2.48. The number of hydrogen-bond donors (Lipinski definition) is 0. The van der Waals surface area contributed by atoms with Crippen molar-refractivity contribution >= 4 is 34.8 Å². The van der Waals surface area contributed by atoms with Crippen LogP contribution in [0, 0.1) is 0 Å². The Morgan fingerprint density at radius 2 is 1.65 bits per heavy atom. The van der Waals surface area contributed by atoms with Crippen LogP contribution < -0.4 is 0 Å². The van der Waals surface area contributed by atoms with E-state index < -0.39 is 0 Å². The van der Waals surface area contributed by atoms with E-state index in [1.165, 1.54) is 5.56 Å². The fraction of sp³-hybridized carbons (Fsp3) is 0.294. The van der Waals surface area contributed by atoms with Crippen LogP contribution in [-0.4, -0.2) is 5.88 Å². The van der Waals surface area contributed by atoms with Gasteiger partial charge >= 0.3 is 0 Å². The Kier molecular flexibility index (Phi) is 5.37. The van der Waals surface area contributed by atoms with Crippen molar-refractivity contribution in [3.05, 3.63) is 69.7 Å². The van der Waals surface area contributed by atoms with E-state index in [-0.39, 0.29) is 5.41 Å². The zero-order chi connectivity index (χ0) is 14.6. The van der Waals surface area contributed by atoms with Crippen LogP contribution in [0.4, 0.5) is 0 Å². The summed E-state index contributed by atoms with van der Waals surface area (Å²) in [5.41, 5.74) is 2.36. The summed E-state index contributed by atoms with van der Waals surface area (Å²) in [6.07, 6.45) is 1.83. The molecule has 0 aromatic heterocycles. The monoisotopic (exact) mass is 326 g/mol. The molecule has 20 heavy (non-hydrogen) atoms. The van der Waals surface area contributed by atoms with Crippen molar-refractivity contribution in [2.45, 2.75) is 25.2 Å². The third kappa shape index (κ3) is 3.31. The lowest BCUT2D eigenvalue weighted by molar-refractivity contribution is 0.458. The highest BCUT2D eigenvalue weighted by molar-refractivity contribution is 6.42. The van der Waals surface area contributed by atoms with Gasteiger partial charge in [-0.3, -0.25) is 0 Å². The SMILES string of the molecule is CCC(CCl)(Cc1ccc(Cl)c(Cl)c1)c1ccccc1. The van der Waals surface area contributed by atoms with Crippen LogP contribution in [0.25, 0.3) is 0 Å². The first-order valence-electron chi connectivity index (χ1n) is 6.67. The molecule has 0 heterocycles. The predicted molar refractivity (Wildman–Crippen MR) is 89.3 cm³/mol. The standard InChI is InChI=1S/C17H17Cl3/c1-2-17(12-18,14-6-4-3-5-7-14)11-13-8-9-15(19)16(20)10-13/h3-10H,2,11-12H2,1H3. The first-order valence-corrected chi connectivity index (χ1v) is 7.96. The first-order chi connectivity index (χ1) is 9.61. The second-order valence-electron chi connectivity index (χ2n) is 5.06. The van der Waals surface area contributed by atoms with Crippen molar-refractivity contribution in [3.8, 4) is 0 Å². The van der Waals surface area contributed by atoms with Crippen LogP contribution in [0.15, 0.2) is 48.5 Å². The zero-order valence-corrected chi connectivity index (χ0v) is 13.6. The van der Waals surface area contributed by atoms with Gasteiger partial charge in [0.15, 0.2) is 0 Å². The van der Waals surface area contributed by atoms with E-state index in [1.807, 2.05) is 24.3 Å². The molecule has 0 fully saturated rings. The average molecular weight is 328 g/mol. The Morgan fingerprint density at radius 1 is 0.950 bits per heavy atom. The minimum absolute atomic E-state index is 0.0695. The maximum atomic E-state index is 6.32. The molecule has 0 aliphatic carbocycles. The Labute approximate surface area is 135 Å². The molecule has 1 unspecified atom stereocenters. The van der Waals surface area contributed by atoms with Crippen LogP contribution in [0.3, 0.4) is 0 Å². The lowest BCUT2D eigenvalue weighted by Crippen LogP contribution is -2.30. The van der Waals surface area contributed by atoms with E-state index in [0.717, 1.165) is 18.4 Å². The molecular formula is C17H17Cl3. The second kappa shape index (κ2) is 6.85. The highest BCUT2D eigenvalue weighted by Crippen LogP contribution is 2.34. The van der Waals surface area contributed by atoms with Gasteiger partial charge in [-0.1, -0.05) is 66.5 Å². The number of halogens is 3. The van der Waals surface area contributed by atoms with Gasteiger partial charge in [-0.15, -0.1) is 11.6 Å². The number of rotatable bonds is 5. The highest BCUT2D eigenvalue weighted by Gasteiger charge is 2.29. The van der Waals surface area contributed by atoms with Gasteiger partial charge in [0.25, 0.3) is 0 Å². The second-order valence-corrected chi connectivity index (χ2v) is 6.14. The van der Waals surface area contributed by atoms with Gasteiger partial charge in [0.2, 0.25) is 0 Å². The summed E-state index contributed by atoms with van der Waals surface area (Å²) in [5, 5.41) is 1.18. The molecule has 0 saturated heterocycles. The Bertz CT molecular complexity index is 560. The first kappa shape index (κ1) is 15.7. The van der Waals surface area contributed by atoms with Gasteiger partial charge in [0.05, 0.1) is 10.0 Å². The van der Waals surface area contributed by atoms with Crippen molar-refractivity contribution in [1.29, 1.82) is 0 Å². The summed E-state index contributed by atoms with van der Waals surface area (Å²) in [7, 11) is 0. The van der Waals surface area contributed by atoms with Crippen molar-refractivity contribution in [1.82, 2.24) is 0 Å². The summed E-state index contributed by atoms with van der Waals surface area (Å²) in [4.78, 5) is 0. The largest absolute Gasteiger partial charge is 0.126 e. The lowest BCUT2D eigenvalue weighted by atomic mass is 9.75. The van der Waals surface area contributed by atoms with Gasteiger partial charge in [0, 0.05) is 11.3 Å². The van der Waals surface area contributed by atoms with Crippen molar-refractivity contribution in [2.75, 3.05) is 5.88 Å². The molecule has 0 radical (unpaired) electrons. The Balaban J connectivity index is 2.36. The minimum atomic E-state index is -0.0695. The molecule has 106 valence electrons. The van der Waals surface area contributed by atoms with E-state index in [0.29, 0.717) is 15.9 Å². The Morgan fingerprint density at radius 3 is 2.20 bits per heavy atom. The van der Waals surface area contributed by atoms with Crippen LogP contribution in [0.2, 0.25) is 10.0 Å². The van der Waals surface area contributed by atoms with Gasteiger partial charge in [0.1, 0.15) is 0 Å². The third-order valence-corrected chi connectivity index (χ3v) is 5.10. The maximum absolute atomic E-state index is 6.32. The molecule has 2 aromatic carbocycles. The van der Waals surface area contributed by atoms with Crippen molar-refractivity contribution in [2.24, 2.45) is 0 Å². The van der Waals surface area contributed by atoms with Crippen LogP contribution in [0.1, 0.15) is 24.5 Å². The highest BCUT2D eigenvalue weighted by atomic mass is 35.5. The molecule has 2 rings (SSSR count). The molecule has 0 nitrogen and oxygen atoms in total. The summed E-state index contributed by atoms with van der Waals surface area (Å²) < 4.78 is 0. The Hall–Kier alpha value is -0.690. The van der Waals surface area contributed by atoms with E-state index in [1.54, 1.807) is 0 Å². The van der Waals surface area contributed by atoms with Gasteiger partial charge in [-0.05, 0) is 36.1 Å². The summed E-state index contributed by atoms with van der Waals surface area (Å²) in [6.45, 7) is 2.17. The molecule has 0 aliphatic rings. The maximum Gasteiger partial charge on any atom is 0.0595 e. The summed E-state index contributed by atoms with van der Waals surface area (Å²) in [5.74, 6) is 0.577. The topological polar surface area (TPSA) is 0 Å². The molecule has 3 heteroatoms. The molecule has 0 N–H and O–H groups in total. The zero-order valence-electron chi connectivity index (χ0n) is 11.4. The molecule has 0 spiro atoms. The molecule has 1 atom stereocenters. The number of benzene rings is 2. The summed E-state index contributed by atoms with van der Waals surface area (Å²) in [6, 6.07) is 16.2. The number of alkyl halides is 1. The van der Waals surface area contributed by atoms with E-state index in [2.05, 4.69) is 31.2 Å². The van der Waals surface area contributed by atoms with Gasteiger partial charge in [-0.2, -0.15) is 0 Å². The predicted octanol–water partition coefficient (Wildman–Crippen LogP) is 6.12. The van der Waals surface area contributed by atoms with Crippen molar-refractivity contribution < 1.29 is 0 Å². The van der Waals surface area contributed by atoms with Gasteiger partial charge < -0.3 is 0 Å². The molecule has 0 saturated carbocycles. The van der Waals surface area contributed by atoms with Gasteiger partial charge in [-0.25, -0.2) is 0 Å². The minimum Gasteiger partial charge on any atom is -0.126 e. The van der Waals surface area contributed by atoms with E-state index >= 15 is 0 Å². The van der Waals surface area contributed by atoms with E-state index in [4.69, 9.17) is 34.8 Å². The summed E-state index contributed by atoms with van der Waals surface area (Å²) >= 11 is 18.4. The fourth-order valence-corrected chi connectivity index (χ4v) is 3.24. The average Bonchev–Trinajstić information content (AvgIpc) is 2.49. The van der Waals surface area contributed by atoms with Crippen molar-refractivity contribution in [3.63, 3.8) is 0 Å². The molecule has 0 amide bonds. The molecular weight excluding hydrogens is 311 g/mol. The lowest BCUT2D eigenvalue weighted by Gasteiger charge is -2.31. The molecule has 0 aliphatic heterocycles. The van der Waals surface area contributed by atoms with Crippen LogP contribution in [-0.2, 0) is 11.8 Å². The number of hydrogen-bond acceptors (Lipinski definition) is 0. The normalized spacial score (nSPS) is 14.0. The quantitative estimate of drug-likeness (QED) is 0.580. The smallest absolute Gasteiger partial charge is 0.0595 e. The van der Waals surface area contributed by atoms with Crippen LogP contribution >= 0.6 is 34.8 Å². The van der Waals surface area contributed by atoms with Crippen LogP contribution in [0.5, 0.6) is 0 Å².